The van der Waals surface area contributed by atoms with Crippen molar-refractivity contribution in [3.05, 3.63) is 0 Å². The van der Waals surface area contributed by atoms with Crippen molar-refractivity contribution in [1.82, 2.24) is 5.32 Å². The second kappa shape index (κ2) is 5.00. The van der Waals surface area contributed by atoms with Gasteiger partial charge in [0.25, 0.3) is 0 Å². The number of nitrogens with one attached hydrogen (secondary N) is 1. The molecule has 0 unspecified atom stereocenters. The first-order chi connectivity index (χ1) is 7.74. The fourth-order valence-electron chi connectivity index (χ4n) is 4.06. The van der Waals surface area contributed by atoms with Crippen LogP contribution in [0.5, 0.6) is 0 Å². The molecule has 0 aliphatic heterocycles. The molecule has 0 aromatic rings. The topological polar surface area (TPSA) is 38.0 Å². The molecule has 17 heavy (non-hydrogen) atoms. The van der Waals surface area contributed by atoms with E-state index in [-0.39, 0.29) is 5.54 Å². The zero-order valence-corrected chi connectivity index (χ0v) is 11.9. The van der Waals surface area contributed by atoms with Crippen molar-refractivity contribution in [1.29, 1.82) is 0 Å². The number of nitrogens with two attached hydrogens (primary N) is 1. The van der Waals surface area contributed by atoms with E-state index in [9.17, 15) is 0 Å². The molecule has 0 saturated heterocycles. The molecule has 0 bridgehead atoms. The van der Waals surface area contributed by atoms with Crippen molar-refractivity contribution in [3.63, 3.8) is 0 Å². The smallest absolute Gasteiger partial charge is 0.0314 e. The highest BCUT2D eigenvalue weighted by molar-refractivity contribution is 5.03. The zero-order chi connectivity index (χ0) is 13.2. The van der Waals surface area contributed by atoms with Crippen LogP contribution in [-0.2, 0) is 0 Å². The summed E-state index contributed by atoms with van der Waals surface area (Å²) in [5, 5.41) is 3.63. The largest absolute Gasteiger partial charge is 0.329 e. The van der Waals surface area contributed by atoms with Gasteiger partial charge in [0, 0.05) is 25.0 Å². The minimum atomic E-state index is 0.0715. The highest BCUT2D eigenvalue weighted by Crippen LogP contribution is 2.49. The van der Waals surface area contributed by atoms with E-state index in [0.717, 1.165) is 25.8 Å². The maximum absolute atomic E-state index is 6.05. The average molecular weight is 236 g/mol. The van der Waals surface area contributed by atoms with Crippen LogP contribution in [-0.4, -0.2) is 18.6 Å². The molecule has 1 aliphatic rings. The summed E-state index contributed by atoms with van der Waals surface area (Å²) in [6.07, 6.45) is 9.64. The molecule has 1 aliphatic carbocycles. The Balaban J connectivity index is 2.79. The molecule has 1 fully saturated rings. The quantitative estimate of drug-likeness (QED) is 0.581. The number of hydrogen-bond acceptors (Lipinski definition) is 2. The van der Waals surface area contributed by atoms with E-state index in [0.29, 0.717) is 17.4 Å². The molecule has 2 nitrogen and oxygen atoms in total. The maximum atomic E-state index is 6.05. The van der Waals surface area contributed by atoms with Crippen LogP contribution in [0.4, 0.5) is 0 Å². The Morgan fingerprint density at radius 1 is 1.12 bits per heavy atom. The highest BCUT2D eigenvalue weighted by atomic mass is 15.0. The third kappa shape index (κ3) is 4.01. The van der Waals surface area contributed by atoms with E-state index in [1.807, 2.05) is 0 Å². The van der Waals surface area contributed by atoms with Gasteiger partial charge in [0.05, 0.1) is 0 Å². The first kappa shape index (κ1) is 14.5. The van der Waals surface area contributed by atoms with E-state index < -0.39 is 0 Å². The van der Waals surface area contributed by atoms with E-state index in [1.165, 1.54) is 6.42 Å². The van der Waals surface area contributed by atoms with E-state index in [1.54, 1.807) is 0 Å². The van der Waals surface area contributed by atoms with Gasteiger partial charge in [-0.05, 0) is 30.1 Å². The molecule has 0 spiro atoms. The van der Waals surface area contributed by atoms with Gasteiger partial charge in [-0.2, -0.15) is 0 Å². The lowest BCUT2D eigenvalue weighted by Crippen LogP contribution is -2.59. The van der Waals surface area contributed by atoms with Gasteiger partial charge in [0.15, 0.2) is 0 Å². The van der Waals surface area contributed by atoms with Crippen molar-refractivity contribution in [3.8, 4) is 12.3 Å². The third-order valence-electron chi connectivity index (χ3n) is 3.75. The molecule has 0 aromatic heterocycles. The fourth-order valence-corrected chi connectivity index (χ4v) is 4.06. The van der Waals surface area contributed by atoms with E-state index >= 15 is 0 Å². The van der Waals surface area contributed by atoms with Gasteiger partial charge in [-0.25, -0.2) is 0 Å². The molecule has 0 amide bonds. The van der Waals surface area contributed by atoms with Gasteiger partial charge in [-0.3, -0.25) is 0 Å². The summed E-state index contributed by atoms with van der Waals surface area (Å²) < 4.78 is 0. The zero-order valence-electron chi connectivity index (χ0n) is 11.9. The van der Waals surface area contributed by atoms with Crippen molar-refractivity contribution < 1.29 is 0 Å². The standard InChI is InChI=1S/C15H28N2/c1-6-7-8-17-15(12-16)10-13(2,3)9-14(4,5)11-15/h1,17H,7-12,16H2,2-5H3. The van der Waals surface area contributed by atoms with Crippen LogP contribution in [0, 0.1) is 23.2 Å². The minimum absolute atomic E-state index is 0.0715. The molecule has 0 radical (unpaired) electrons. The summed E-state index contributed by atoms with van der Waals surface area (Å²) in [6.45, 7) is 11.0. The van der Waals surface area contributed by atoms with Gasteiger partial charge in [-0.1, -0.05) is 27.7 Å². The first-order valence-electron chi connectivity index (χ1n) is 6.63. The molecule has 0 aromatic carbocycles. The Morgan fingerprint density at radius 2 is 1.65 bits per heavy atom. The molecule has 1 saturated carbocycles. The van der Waals surface area contributed by atoms with Gasteiger partial charge in [-0.15, -0.1) is 12.3 Å². The molecule has 2 heteroatoms. The maximum Gasteiger partial charge on any atom is 0.0314 e. The summed E-state index contributed by atoms with van der Waals surface area (Å²) in [5.41, 5.74) is 6.82. The fraction of sp³-hybridized carbons (Fsp3) is 0.867. The Bertz CT molecular complexity index is 281. The van der Waals surface area contributed by atoms with Crippen LogP contribution < -0.4 is 11.1 Å². The van der Waals surface area contributed by atoms with Gasteiger partial charge in [0.1, 0.15) is 0 Å². The molecule has 0 heterocycles. The SMILES string of the molecule is C#CCCNC1(CN)CC(C)(C)CC(C)(C)C1. The van der Waals surface area contributed by atoms with Gasteiger partial charge < -0.3 is 11.1 Å². The normalized spacial score (nSPS) is 25.2. The molecule has 98 valence electrons. The molecule has 3 N–H and O–H groups in total. The van der Waals surface area contributed by atoms with Crippen molar-refractivity contribution in [2.24, 2.45) is 16.6 Å². The Kier molecular flexibility index (Phi) is 4.28. The lowest BCUT2D eigenvalue weighted by molar-refractivity contribution is 0.0330. The monoisotopic (exact) mass is 236 g/mol. The van der Waals surface area contributed by atoms with Crippen molar-refractivity contribution in [2.75, 3.05) is 13.1 Å². The summed E-state index contributed by atoms with van der Waals surface area (Å²) in [6, 6.07) is 0. The van der Waals surface area contributed by atoms with Crippen LogP contribution in [0.1, 0.15) is 53.4 Å². The molecule has 0 atom stereocenters. The summed E-state index contributed by atoms with van der Waals surface area (Å²) >= 11 is 0. The van der Waals surface area contributed by atoms with Gasteiger partial charge in [0.2, 0.25) is 0 Å². The molecule has 1 rings (SSSR count). The number of hydrogen-bond donors (Lipinski definition) is 2. The first-order valence-corrected chi connectivity index (χ1v) is 6.63. The van der Waals surface area contributed by atoms with Crippen LogP contribution in [0.3, 0.4) is 0 Å². The molecular formula is C15H28N2. The van der Waals surface area contributed by atoms with Crippen molar-refractivity contribution in [2.45, 2.75) is 58.9 Å². The molecular weight excluding hydrogens is 208 g/mol. The average Bonchev–Trinajstić information content (AvgIpc) is 2.13. The highest BCUT2D eigenvalue weighted by Gasteiger charge is 2.46. The van der Waals surface area contributed by atoms with E-state index in [2.05, 4.69) is 38.9 Å². The Morgan fingerprint density at radius 3 is 2.06 bits per heavy atom. The van der Waals surface area contributed by atoms with E-state index in [4.69, 9.17) is 12.2 Å². The lowest BCUT2D eigenvalue weighted by atomic mass is 9.58. The summed E-state index contributed by atoms with van der Waals surface area (Å²) in [7, 11) is 0. The predicted octanol–water partition coefficient (Wildman–Crippen LogP) is 2.53. The summed E-state index contributed by atoms with van der Waals surface area (Å²) in [4.78, 5) is 0. The number of terminal acetylenes is 1. The second-order valence-corrected chi connectivity index (χ2v) is 7.22. The van der Waals surface area contributed by atoms with Gasteiger partial charge >= 0.3 is 0 Å². The lowest BCUT2D eigenvalue weighted by Gasteiger charge is -2.52. The Labute approximate surface area is 107 Å². The number of rotatable bonds is 4. The van der Waals surface area contributed by atoms with Crippen LogP contribution in [0.2, 0.25) is 0 Å². The Hall–Kier alpha value is -0.520. The third-order valence-corrected chi connectivity index (χ3v) is 3.75. The van der Waals surface area contributed by atoms with Crippen molar-refractivity contribution >= 4 is 0 Å². The second-order valence-electron chi connectivity index (χ2n) is 7.22. The predicted molar refractivity (Wildman–Crippen MR) is 74.7 cm³/mol. The van der Waals surface area contributed by atoms with Crippen LogP contribution >= 0.6 is 0 Å². The minimum Gasteiger partial charge on any atom is -0.329 e. The van der Waals surface area contributed by atoms with Crippen LogP contribution in [0.25, 0.3) is 0 Å². The van der Waals surface area contributed by atoms with Crippen LogP contribution in [0.15, 0.2) is 0 Å². The summed E-state index contributed by atoms with van der Waals surface area (Å²) in [5.74, 6) is 2.69.